The highest BCUT2D eigenvalue weighted by Crippen LogP contribution is 2.36. The van der Waals surface area contributed by atoms with Crippen molar-refractivity contribution in [3.8, 4) is 5.75 Å². The van der Waals surface area contributed by atoms with Crippen LogP contribution in [0.5, 0.6) is 5.75 Å². The van der Waals surface area contributed by atoms with Gasteiger partial charge in [-0.1, -0.05) is 22.0 Å². The normalized spacial score (nSPS) is 26.4. The molecule has 3 heteroatoms. The van der Waals surface area contributed by atoms with Gasteiger partial charge in [0.1, 0.15) is 5.75 Å². The predicted molar refractivity (Wildman–Crippen MR) is 55.8 cm³/mol. The zero-order valence-electron chi connectivity index (χ0n) is 7.51. The Hall–Kier alpha value is -0.540. The minimum Gasteiger partial charge on any atom is -0.493 e. The summed E-state index contributed by atoms with van der Waals surface area (Å²) in [7, 11) is 0. The van der Waals surface area contributed by atoms with E-state index in [1.165, 1.54) is 0 Å². The first-order chi connectivity index (χ1) is 6.09. The van der Waals surface area contributed by atoms with Crippen LogP contribution in [0.1, 0.15) is 18.9 Å². The highest BCUT2D eigenvalue weighted by molar-refractivity contribution is 9.10. The number of ether oxygens (including phenoxy) is 1. The van der Waals surface area contributed by atoms with Gasteiger partial charge in [0.25, 0.3) is 0 Å². The van der Waals surface area contributed by atoms with Crippen LogP contribution >= 0.6 is 15.9 Å². The van der Waals surface area contributed by atoms with Crippen LogP contribution in [0, 0.1) is 0 Å². The van der Waals surface area contributed by atoms with Crippen LogP contribution in [0.2, 0.25) is 0 Å². The number of fused-ring (bicyclic) bond motifs is 1. The first kappa shape index (κ1) is 9.03. The zero-order chi connectivity index (χ0) is 9.47. The number of rotatable bonds is 0. The lowest BCUT2D eigenvalue weighted by atomic mass is 9.88. The molecular weight excluding hydrogens is 230 g/mol. The van der Waals surface area contributed by atoms with Gasteiger partial charge in [0, 0.05) is 22.0 Å². The molecule has 0 spiro atoms. The standard InChI is InChI=1S/C10H12BrNO/c1-10(12)4-5-13-9-6-7(11)2-3-8(9)10/h2-3,6H,4-5,12H2,1H3. The van der Waals surface area contributed by atoms with E-state index >= 15 is 0 Å². The molecule has 0 aliphatic carbocycles. The fraction of sp³-hybridized carbons (Fsp3) is 0.400. The molecule has 0 fully saturated rings. The Balaban J connectivity index is 2.53. The monoisotopic (exact) mass is 241 g/mol. The van der Waals surface area contributed by atoms with Crippen molar-refractivity contribution in [1.29, 1.82) is 0 Å². The van der Waals surface area contributed by atoms with Crippen LogP contribution < -0.4 is 10.5 Å². The maximum absolute atomic E-state index is 6.14. The van der Waals surface area contributed by atoms with Gasteiger partial charge < -0.3 is 10.5 Å². The van der Waals surface area contributed by atoms with Crippen molar-refractivity contribution in [2.75, 3.05) is 6.61 Å². The molecule has 2 rings (SSSR count). The van der Waals surface area contributed by atoms with Crippen molar-refractivity contribution >= 4 is 15.9 Å². The van der Waals surface area contributed by atoms with E-state index in [9.17, 15) is 0 Å². The minimum atomic E-state index is -0.242. The molecule has 1 heterocycles. The molecule has 1 unspecified atom stereocenters. The molecule has 2 N–H and O–H groups in total. The Morgan fingerprint density at radius 2 is 2.31 bits per heavy atom. The molecule has 0 saturated heterocycles. The third kappa shape index (κ3) is 1.58. The van der Waals surface area contributed by atoms with Gasteiger partial charge in [-0.05, 0) is 19.1 Å². The van der Waals surface area contributed by atoms with Gasteiger partial charge in [0.05, 0.1) is 6.61 Å². The smallest absolute Gasteiger partial charge is 0.125 e. The maximum atomic E-state index is 6.14. The second-order valence-electron chi connectivity index (χ2n) is 3.66. The third-order valence-corrected chi connectivity index (χ3v) is 2.93. The van der Waals surface area contributed by atoms with E-state index in [2.05, 4.69) is 15.9 Å². The van der Waals surface area contributed by atoms with Gasteiger partial charge >= 0.3 is 0 Å². The number of hydrogen-bond donors (Lipinski definition) is 1. The summed E-state index contributed by atoms with van der Waals surface area (Å²) in [5.74, 6) is 0.908. The summed E-state index contributed by atoms with van der Waals surface area (Å²) in [6.07, 6.45) is 0.877. The summed E-state index contributed by atoms with van der Waals surface area (Å²) in [4.78, 5) is 0. The molecule has 1 atom stereocenters. The van der Waals surface area contributed by atoms with E-state index in [1.54, 1.807) is 0 Å². The Morgan fingerprint density at radius 1 is 1.54 bits per heavy atom. The van der Waals surface area contributed by atoms with Crippen LogP contribution in [-0.4, -0.2) is 6.61 Å². The summed E-state index contributed by atoms with van der Waals surface area (Å²) in [5.41, 5.74) is 7.00. The van der Waals surface area contributed by atoms with Gasteiger partial charge in [0.2, 0.25) is 0 Å². The quantitative estimate of drug-likeness (QED) is 0.758. The SMILES string of the molecule is CC1(N)CCOc2cc(Br)ccc21. The molecule has 1 aliphatic heterocycles. The van der Waals surface area contributed by atoms with Gasteiger partial charge in [0.15, 0.2) is 0 Å². The molecule has 2 nitrogen and oxygen atoms in total. The highest BCUT2D eigenvalue weighted by Gasteiger charge is 2.28. The molecule has 13 heavy (non-hydrogen) atoms. The van der Waals surface area contributed by atoms with E-state index in [0.717, 1.165) is 22.2 Å². The average Bonchev–Trinajstić information content (AvgIpc) is 2.02. The van der Waals surface area contributed by atoms with Crippen LogP contribution in [0.3, 0.4) is 0 Å². The number of hydrogen-bond acceptors (Lipinski definition) is 2. The number of halogens is 1. The number of nitrogens with two attached hydrogens (primary N) is 1. The highest BCUT2D eigenvalue weighted by atomic mass is 79.9. The molecule has 1 aromatic rings. The average molecular weight is 242 g/mol. The van der Waals surface area contributed by atoms with Crippen molar-refractivity contribution in [1.82, 2.24) is 0 Å². The Labute approximate surface area is 86.2 Å². The first-order valence-corrected chi connectivity index (χ1v) is 5.11. The predicted octanol–water partition coefficient (Wildman–Crippen LogP) is 2.41. The lowest BCUT2D eigenvalue weighted by Crippen LogP contribution is -2.38. The van der Waals surface area contributed by atoms with Gasteiger partial charge in [-0.2, -0.15) is 0 Å². The minimum absolute atomic E-state index is 0.242. The summed E-state index contributed by atoms with van der Waals surface area (Å²) < 4.78 is 6.56. The van der Waals surface area contributed by atoms with Crippen molar-refractivity contribution < 1.29 is 4.74 Å². The van der Waals surface area contributed by atoms with E-state index in [4.69, 9.17) is 10.5 Å². The van der Waals surface area contributed by atoms with E-state index in [-0.39, 0.29) is 5.54 Å². The lowest BCUT2D eigenvalue weighted by Gasteiger charge is -2.32. The first-order valence-electron chi connectivity index (χ1n) is 4.31. The van der Waals surface area contributed by atoms with Crippen LogP contribution in [0.15, 0.2) is 22.7 Å². The molecular formula is C10H12BrNO. The van der Waals surface area contributed by atoms with Crippen molar-refractivity contribution in [2.45, 2.75) is 18.9 Å². The molecule has 0 bridgehead atoms. The molecule has 0 amide bonds. The van der Waals surface area contributed by atoms with Crippen molar-refractivity contribution in [3.05, 3.63) is 28.2 Å². The van der Waals surface area contributed by atoms with Crippen molar-refractivity contribution in [2.24, 2.45) is 5.73 Å². The fourth-order valence-corrected chi connectivity index (χ4v) is 1.94. The Bertz CT molecular complexity index is 336. The zero-order valence-corrected chi connectivity index (χ0v) is 9.10. The summed E-state index contributed by atoms with van der Waals surface area (Å²) in [6, 6.07) is 6.00. The molecule has 0 radical (unpaired) electrons. The summed E-state index contributed by atoms with van der Waals surface area (Å²) >= 11 is 3.41. The second-order valence-corrected chi connectivity index (χ2v) is 4.57. The van der Waals surface area contributed by atoms with Crippen LogP contribution in [0.4, 0.5) is 0 Å². The van der Waals surface area contributed by atoms with Crippen LogP contribution in [0.25, 0.3) is 0 Å². The molecule has 0 aromatic heterocycles. The molecule has 1 aromatic carbocycles. The van der Waals surface area contributed by atoms with E-state index < -0.39 is 0 Å². The molecule has 1 aliphatic rings. The van der Waals surface area contributed by atoms with Crippen molar-refractivity contribution in [3.63, 3.8) is 0 Å². The van der Waals surface area contributed by atoms with E-state index in [1.807, 2.05) is 25.1 Å². The van der Waals surface area contributed by atoms with Crippen LogP contribution in [-0.2, 0) is 5.54 Å². The van der Waals surface area contributed by atoms with Gasteiger partial charge in [-0.15, -0.1) is 0 Å². The molecule has 70 valence electrons. The van der Waals surface area contributed by atoms with Gasteiger partial charge in [-0.25, -0.2) is 0 Å². The van der Waals surface area contributed by atoms with E-state index in [0.29, 0.717) is 6.61 Å². The molecule has 0 saturated carbocycles. The second kappa shape index (κ2) is 3.00. The Kier molecular flexibility index (Phi) is 2.08. The van der Waals surface area contributed by atoms with Gasteiger partial charge in [-0.3, -0.25) is 0 Å². The Morgan fingerprint density at radius 3 is 3.08 bits per heavy atom. The topological polar surface area (TPSA) is 35.2 Å². The fourth-order valence-electron chi connectivity index (χ4n) is 1.60. The lowest BCUT2D eigenvalue weighted by molar-refractivity contribution is 0.227. The summed E-state index contributed by atoms with van der Waals surface area (Å²) in [5, 5.41) is 0. The largest absolute Gasteiger partial charge is 0.493 e. The maximum Gasteiger partial charge on any atom is 0.125 e. The summed E-state index contributed by atoms with van der Waals surface area (Å²) in [6.45, 7) is 2.75. The third-order valence-electron chi connectivity index (χ3n) is 2.44. The number of benzene rings is 1.